The van der Waals surface area contributed by atoms with Gasteiger partial charge in [-0.05, 0) is 46.6 Å². The Morgan fingerprint density at radius 1 is 1.19 bits per heavy atom. The third-order valence-corrected chi connectivity index (χ3v) is 6.50. The minimum atomic E-state index is -2.74. The molecule has 5 aromatic rings. The van der Waals surface area contributed by atoms with Crippen LogP contribution in [-0.4, -0.2) is 40.2 Å². The number of hydrogen-bond donors (Lipinski definition) is 1. The molecule has 0 fully saturated rings. The van der Waals surface area contributed by atoms with E-state index in [0.717, 1.165) is 5.56 Å². The van der Waals surface area contributed by atoms with E-state index in [9.17, 15) is 13.6 Å². The highest BCUT2D eigenvalue weighted by Gasteiger charge is 2.23. The first-order valence-electron chi connectivity index (χ1n) is 11.1. The minimum absolute atomic E-state index is 0.191. The second-order valence-electron chi connectivity index (χ2n) is 8.44. The molecule has 37 heavy (non-hydrogen) atoms. The zero-order valence-electron chi connectivity index (χ0n) is 19.7. The van der Waals surface area contributed by atoms with Gasteiger partial charge >= 0.3 is 0 Å². The van der Waals surface area contributed by atoms with E-state index in [1.54, 1.807) is 54.1 Å². The summed E-state index contributed by atoms with van der Waals surface area (Å²) >= 11 is 9.36. The highest BCUT2D eigenvalue weighted by atomic mass is 79.9. The van der Waals surface area contributed by atoms with Crippen LogP contribution in [0, 0.1) is 6.92 Å². The van der Waals surface area contributed by atoms with E-state index in [2.05, 4.69) is 41.5 Å². The summed E-state index contributed by atoms with van der Waals surface area (Å²) in [5, 5.41) is 16.5. The number of rotatable bonds is 7. The highest BCUT2D eigenvalue weighted by molar-refractivity contribution is 9.10. The van der Waals surface area contributed by atoms with Gasteiger partial charge in [0, 0.05) is 35.6 Å². The Balaban J connectivity index is 1.40. The van der Waals surface area contributed by atoms with Crippen LogP contribution in [0.5, 0.6) is 0 Å². The number of aryl methyl sites for hydroxylation is 2. The molecule has 0 aliphatic carbocycles. The van der Waals surface area contributed by atoms with Crippen molar-refractivity contribution in [3.8, 4) is 11.3 Å². The van der Waals surface area contributed by atoms with E-state index >= 15 is 0 Å². The number of benzene rings is 1. The van der Waals surface area contributed by atoms with Crippen molar-refractivity contribution in [1.82, 2.24) is 34.3 Å². The molecule has 5 rings (SSSR count). The number of hydrogen-bond acceptors (Lipinski definition) is 5. The van der Waals surface area contributed by atoms with Crippen LogP contribution in [0.1, 0.15) is 23.2 Å². The Labute approximate surface area is 223 Å². The summed E-state index contributed by atoms with van der Waals surface area (Å²) < 4.78 is 33.1. The SMILES string of the molecule is Cc1nn(CC(=O)Nc2nn(Cc3ccc(Cl)cc3)cc2Br)c2nc(-c3cnn(C)c3)cc(C(F)F)c12. The number of nitrogens with one attached hydrogen (secondary N) is 1. The van der Waals surface area contributed by atoms with Crippen LogP contribution in [0.25, 0.3) is 22.3 Å². The molecule has 1 N–H and O–H groups in total. The van der Waals surface area contributed by atoms with Gasteiger partial charge < -0.3 is 5.32 Å². The van der Waals surface area contributed by atoms with Crippen molar-refractivity contribution in [1.29, 1.82) is 0 Å². The maximum absolute atomic E-state index is 14.0. The van der Waals surface area contributed by atoms with Crippen molar-refractivity contribution < 1.29 is 13.6 Å². The lowest BCUT2D eigenvalue weighted by atomic mass is 10.1. The molecule has 0 unspecified atom stereocenters. The van der Waals surface area contributed by atoms with Crippen molar-refractivity contribution in [3.63, 3.8) is 0 Å². The van der Waals surface area contributed by atoms with Gasteiger partial charge in [0.15, 0.2) is 11.5 Å². The fourth-order valence-corrected chi connectivity index (χ4v) is 4.56. The number of halogens is 4. The van der Waals surface area contributed by atoms with Crippen LogP contribution < -0.4 is 5.32 Å². The number of nitrogens with zero attached hydrogens (tertiary/aromatic N) is 7. The lowest BCUT2D eigenvalue weighted by Gasteiger charge is -2.08. The maximum Gasteiger partial charge on any atom is 0.264 e. The standard InChI is InChI=1S/C24H20BrClF2N8O/c1-13-21-17(22(27)28)7-19(15-8-29-34(2)10-15)30-24(21)36(32-13)12-20(37)31-23-18(25)11-35(33-23)9-14-3-5-16(26)6-4-14/h3-8,10-11,22H,9,12H2,1-2H3,(H,31,33,37). The molecule has 4 heterocycles. The van der Waals surface area contributed by atoms with Crippen molar-refractivity contribution in [3.05, 3.63) is 75.2 Å². The molecule has 0 saturated heterocycles. The molecule has 190 valence electrons. The number of carbonyl (C=O) groups excluding carboxylic acids is 1. The molecule has 0 saturated carbocycles. The van der Waals surface area contributed by atoms with E-state index in [-0.39, 0.29) is 23.1 Å². The third kappa shape index (κ3) is 5.25. The first-order chi connectivity index (χ1) is 17.7. The topological polar surface area (TPSA) is 95.5 Å². The van der Waals surface area contributed by atoms with Gasteiger partial charge in [0.25, 0.3) is 6.43 Å². The molecule has 0 aliphatic heterocycles. The van der Waals surface area contributed by atoms with Gasteiger partial charge in [0.05, 0.1) is 34.0 Å². The molecule has 1 amide bonds. The first kappa shape index (κ1) is 25.0. The summed E-state index contributed by atoms with van der Waals surface area (Å²) in [4.78, 5) is 17.5. The van der Waals surface area contributed by atoms with Gasteiger partial charge in [-0.3, -0.25) is 14.2 Å². The number of anilines is 1. The predicted octanol–water partition coefficient (Wildman–Crippen LogP) is 5.38. The lowest BCUT2D eigenvalue weighted by molar-refractivity contribution is -0.116. The zero-order chi connectivity index (χ0) is 26.3. The van der Waals surface area contributed by atoms with Crippen molar-refractivity contribution in [2.45, 2.75) is 26.4 Å². The minimum Gasteiger partial charge on any atom is -0.307 e. The Kier molecular flexibility index (Phi) is 6.78. The van der Waals surface area contributed by atoms with Gasteiger partial charge in [-0.2, -0.15) is 15.3 Å². The Bertz CT molecular complexity index is 1610. The largest absolute Gasteiger partial charge is 0.307 e. The highest BCUT2D eigenvalue weighted by Crippen LogP contribution is 2.33. The fraction of sp³-hybridized carbons (Fsp3) is 0.208. The summed E-state index contributed by atoms with van der Waals surface area (Å²) in [5.41, 5.74) is 2.24. The molecule has 0 bridgehead atoms. The van der Waals surface area contributed by atoms with Gasteiger partial charge in [0.2, 0.25) is 5.91 Å². The van der Waals surface area contributed by atoms with Gasteiger partial charge in [-0.15, -0.1) is 0 Å². The Morgan fingerprint density at radius 3 is 2.62 bits per heavy atom. The molecule has 4 aromatic heterocycles. The summed E-state index contributed by atoms with van der Waals surface area (Å²) in [5.74, 6) is -0.113. The van der Waals surface area contributed by atoms with Gasteiger partial charge in [-0.25, -0.2) is 18.4 Å². The monoisotopic (exact) mass is 588 g/mol. The Morgan fingerprint density at radius 2 is 1.95 bits per heavy atom. The number of alkyl halides is 2. The van der Waals surface area contributed by atoms with Crippen molar-refractivity contribution in [2.24, 2.45) is 7.05 Å². The van der Waals surface area contributed by atoms with E-state index in [0.29, 0.717) is 38.8 Å². The quantitative estimate of drug-likeness (QED) is 0.275. The van der Waals surface area contributed by atoms with Crippen LogP contribution in [0.4, 0.5) is 14.6 Å². The second kappa shape index (κ2) is 10.0. The van der Waals surface area contributed by atoms with E-state index < -0.39 is 12.3 Å². The molecule has 9 nitrogen and oxygen atoms in total. The zero-order valence-corrected chi connectivity index (χ0v) is 22.0. The van der Waals surface area contributed by atoms with Gasteiger partial charge in [0.1, 0.15) is 6.54 Å². The van der Waals surface area contributed by atoms with E-state index in [1.165, 1.54) is 10.7 Å². The number of pyridine rings is 1. The summed E-state index contributed by atoms with van der Waals surface area (Å²) in [6.07, 6.45) is 2.23. The van der Waals surface area contributed by atoms with Crippen molar-refractivity contribution in [2.75, 3.05) is 5.32 Å². The van der Waals surface area contributed by atoms with E-state index in [1.807, 2.05) is 12.1 Å². The van der Waals surface area contributed by atoms with E-state index in [4.69, 9.17) is 11.6 Å². The lowest BCUT2D eigenvalue weighted by Crippen LogP contribution is -2.20. The van der Waals surface area contributed by atoms with Crippen LogP contribution in [0.3, 0.4) is 0 Å². The number of amides is 1. The smallest absolute Gasteiger partial charge is 0.264 e. The number of aromatic nitrogens is 7. The first-order valence-corrected chi connectivity index (χ1v) is 12.3. The normalized spacial score (nSPS) is 11.5. The molecule has 13 heteroatoms. The fourth-order valence-electron chi connectivity index (χ4n) is 4.02. The molecule has 0 aliphatic rings. The van der Waals surface area contributed by atoms with Gasteiger partial charge in [-0.1, -0.05) is 23.7 Å². The summed E-state index contributed by atoms with van der Waals surface area (Å²) in [7, 11) is 1.73. The van der Waals surface area contributed by atoms with Crippen LogP contribution in [-0.2, 0) is 24.9 Å². The third-order valence-electron chi connectivity index (χ3n) is 5.67. The molecule has 1 aromatic carbocycles. The molecule has 0 radical (unpaired) electrons. The van der Waals surface area contributed by atoms with Crippen LogP contribution >= 0.6 is 27.5 Å². The van der Waals surface area contributed by atoms with Crippen molar-refractivity contribution >= 4 is 50.3 Å². The average molecular weight is 590 g/mol. The Hall–Kier alpha value is -3.64. The molecule has 0 spiro atoms. The molecule has 0 atom stereocenters. The predicted molar refractivity (Wildman–Crippen MR) is 139 cm³/mol. The average Bonchev–Trinajstić information content (AvgIpc) is 3.52. The number of carbonyl (C=O) groups is 1. The second-order valence-corrected chi connectivity index (χ2v) is 9.73. The molecular formula is C24H20BrClF2N8O. The summed E-state index contributed by atoms with van der Waals surface area (Å²) in [6, 6.07) is 8.71. The van der Waals surface area contributed by atoms with Crippen LogP contribution in [0.15, 0.2) is 53.4 Å². The maximum atomic E-state index is 14.0. The molecular weight excluding hydrogens is 570 g/mol. The van der Waals surface area contributed by atoms with Crippen LogP contribution in [0.2, 0.25) is 5.02 Å². The number of fused-ring (bicyclic) bond motifs is 1. The summed E-state index contributed by atoms with van der Waals surface area (Å²) in [6.45, 7) is 1.85.